The lowest BCUT2D eigenvalue weighted by atomic mass is 10.1. The summed E-state index contributed by atoms with van der Waals surface area (Å²) >= 11 is 0. The van der Waals surface area contributed by atoms with E-state index in [0.717, 1.165) is 12.1 Å². The topological polar surface area (TPSA) is 60.9 Å². The monoisotopic (exact) mass is 371 g/mol. The molecule has 6 nitrogen and oxygen atoms in total. The molecule has 0 unspecified atom stereocenters. The first-order chi connectivity index (χ1) is 12.9. The highest BCUT2D eigenvalue weighted by Crippen LogP contribution is 2.27. The number of carbonyl (C=O) groups excluding carboxylic acids is 3. The van der Waals surface area contributed by atoms with Gasteiger partial charge in [0, 0.05) is 50.7 Å². The summed E-state index contributed by atoms with van der Waals surface area (Å²) in [6.07, 6.45) is 1.22. The van der Waals surface area contributed by atoms with Crippen LogP contribution in [0, 0.1) is 11.8 Å². The summed E-state index contributed by atoms with van der Waals surface area (Å²) in [5, 5.41) is 0. The van der Waals surface area contributed by atoms with Crippen LogP contribution in [0.25, 0.3) is 0 Å². The molecule has 1 atom stereocenters. The number of aryl methyl sites for hydroxylation is 1. The zero-order valence-electron chi connectivity index (χ0n) is 16.5. The summed E-state index contributed by atoms with van der Waals surface area (Å²) in [5.41, 5.74) is 2.09. The molecule has 1 aromatic carbocycles. The second-order valence-corrected chi connectivity index (χ2v) is 7.73. The van der Waals surface area contributed by atoms with E-state index in [1.54, 1.807) is 4.90 Å². The highest BCUT2D eigenvalue weighted by molar-refractivity contribution is 6.00. The maximum Gasteiger partial charge on any atom is 0.228 e. The first kappa shape index (κ1) is 19.4. The zero-order valence-corrected chi connectivity index (χ0v) is 16.5. The molecule has 2 saturated heterocycles. The molecule has 0 bridgehead atoms. The van der Waals surface area contributed by atoms with Crippen LogP contribution in [0.3, 0.4) is 0 Å². The molecule has 0 spiro atoms. The van der Waals surface area contributed by atoms with Crippen LogP contribution < -0.4 is 4.90 Å². The van der Waals surface area contributed by atoms with Gasteiger partial charge < -0.3 is 14.7 Å². The molecule has 2 heterocycles. The first-order valence-electron chi connectivity index (χ1n) is 9.87. The van der Waals surface area contributed by atoms with Crippen LogP contribution in [0.1, 0.15) is 32.8 Å². The van der Waals surface area contributed by atoms with Gasteiger partial charge in [-0.25, -0.2) is 0 Å². The highest BCUT2D eigenvalue weighted by Gasteiger charge is 2.38. The van der Waals surface area contributed by atoms with E-state index in [1.807, 2.05) is 47.9 Å². The van der Waals surface area contributed by atoms with Gasteiger partial charge in [0.15, 0.2) is 0 Å². The van der Waals surface area contributed by atoms with E-state index in [0.29, 0.717) is 32.7 Å². The molecule has 0 N–H and O–H groups in total. The Morgan fingerprint density at radius 2 is 1.63 bits per heavy atom. The van der Waals surface area contributed by atoms with E-state index in [1.165, 1.54) is 5.56 Å². The Hall–Kier alpha value is -2.37. The van der Waals surface area contributed by atoms with Crippen LogP contribution in [0.15, 0.2) is 24.3 Å². The van der Waals surface area contributed by atoms with Gasteiger partial charge in [0.25, 0.3) is 0 Å². The summed E-state index contributed by atoms with van der Waals surface area (Å²) in [6, 6.07) is 7.98. The van der Waals surface area contributed by atoms with Gasteiger partial charge >= 0.3 is 0 Å². The minimum Gasteiger partial charge on any atom is -0.339 e. The summed E-state index contributed by atoms with van der Waals surface area (Å²) < 4.78 is 0. The predicted octanol–water partition coefficient (Wildman–Crippen LogP) is 1.93. The Kier molecular flexibility index (Phi) is 5.82. The number of hydrogen-bond acceptors (Lipinski definition) is 3. The molecule has 146 valence electrons. The molecule has 3 amide bonds. The first-order valence-corrected chi connectivity index (χ1v) is 9.87. The van der Waals surface area contributed by atoms with Crippen molar-refractivity contribution in [3.05, 3.63) is 29.8 Å². The van der Waals surface area contributed by atoms with Crippen molar-refractivity contribution < 1.29 is 14.4 Å². The van der Waals surface area contributed by atoms with Gasteiger partial charge in [0.05, 0.1) is 5.92 Å². The second kappa shape index (κ2) is 8.11. The molecule has 0 saturated carbocycles. The number of anilines is 1. The lowest BCUT2D eigenvalue weighted by molar-refractivity contribution is -0.143. The lowest BCUT2D eigenvalue weighted by Crippen LogP contribution is -2.53. The fraction of sp³-hybridized carbons (Fsp3) is 0.571. The third-order valence-electron chi connectivity index (χ3n) is 5.53. The zero-order chi connectivity index (χ0) is 19.6. The minimum absolute atomic E-state index is 0.00576. The fourth-order valence-electron chi connectivity index (χ4n) is 3.80. The van der Waals surface area contributed by atoms with Gasteiger partial charge in [-0.05, 0) is 24.1 Å². The average molecular weight is 371 g/mol. The van der Waals surface area contributed by atoms with Crippen molar-refractivity contribution in [2.45, 2.75) is 33.6 Å². The number of carbonyl (C=O) groups is 3. The SMILES string of the molecule is CCc1ccc(N2C[C@H](C(=O)N3CCN(C(=O)C(C)C)CC3)CC2=O)cc1. The van der Waals surface area contributed by atoms with Crippen LogP contribution in [-0.2, 0) is 20.8 Å². The van der Waals surface area contributed by atoms with Crippen LogP contribution in [-0.4, -0.2) is 60.2 Å². The van der Waals surface area contributed by atoms with E-state index in [4.69, 9.17) is 0 Å². The van der Waals surface area contributed by atoms with E-state index in [-0.39, 0.29) is 36.0 Å². The molecule has 1 aromatic rings. The summed E-state index contributed by atoms with van der Waals surface area (Å²) in [5.74, 6) is -0.137. The smallest absolute Gasteiger partial charge is 0.228 e. The van der Waals surface area contributed by atoms with Crippen molar-refractivity contribution in [3.8, 4) is 0 Å². The van der Waals surface area contributed by atoms with Crippen molar-refractivity contribution in [3.63, 3.8) is 0 Å². The number of rotatable bonds is 4. The van der Waals surface area contributed by atoms with Gasteiger partial charge in [-0.3, -0.25) is 14.4 Å². The second-order valence-electron chi connectivity index (χ2n) is 7.73. The summed E-state index contributed by atoms with van der Waals surface area (Å²) in [4.78, 5) is 42.8. The largest absolute Gasteiger partial charge is 0.339 e. The molecule has 6 heteroatoms. The van der Waals surface area contributed by atoms with Crippen molar-refractivity contribution in [1.82, 2.24) is 9.80 Å². The van der Waals surface area contributed by atoms with Crippen molar-refractivity contribution in [2.75, 3.05) is 37.6 Å². The molecule has 0 aromatic heterocycles. The Balaban J connectivity index is 1.58. The molecular formula is C21H29N3O3. The molecule has 2 fully saturated rings. The number of hydrogen-bond donors (Lipinski definition) is 0. The van der Waals surface area contributed by atoms with Crippen LogP contribution in [0.5, 0.6) is 0 Å². The Bertz CT molecular complexity index is 706. The van der Waals surface area contributed by atoms with E-state index >= 15 is 0 Å². The van der Waals surface area contributed by atoms with Gasteiger partial charge in [-0.15, -0.1) is 0 Å². The van der Waals surface area contributed by atoms with E-state index < -0.39 is 0 Å². The molecule has 3 rings (SSSR count). The van der Waals surface area contributed by atoms with Crippen LogP contribution >= 0.6 is 0 Å². The van der Waals surface area contributed by atoms with Crippen molar-refractivity contribution in [1.29, 1.82) is 0 Å². The maximum absolute atomic E-state index is 12.9. The van der Waals surface area contributed by atoms with Gasteiger partial charge in [0.2, 0.25) is 17.7 Å². The highest BCUT2D eigenvalue weighted by atomic mass is 16.2. The average Bonchev–Trinajstić information content (AvgIpc) is 3.08. The van der Waals surface area contributed by atoms with E-state index in [9.17, 15) is 14.4 Å². The van der Waals surface area contributed by atoms with Crippen molar-refractivity contribution in [2.24, 2.45) is 11.8 Å². The summed E-state index contributed by atoms with van der Waals surface area (Å²) in [6.45, 7) is 8.57. The molecule has 0 aliphatic carbocycles. The number of piperazine rings is 1. The normalized spacial score (nSPS) is 20.5. The third-order valence-corrected chi connectivity index (χ3v) is 5.53. The summed E-state index contributed by atoms with van der Waals surface area (Å²) in [7, 11) is 0. The molecule has 2 aliphatic heterocycles. The quantitative estimate of drug-likeness (QED) is 0.813. The Labute approximate surface area is 161 Å². The van der Waals surface area contributed by atoms with E-state index in [2.05, 4.69) is 6.92 Å². The molecule has 0 radical (unpaired) electrons. The predicted molar refractivity (Wildman–Crippen MR) is 104 cm³/mol. The van der Waals surface area contributed by atoms with Crippen LogP contribution in [0.2, 0.25) is 0 Å². The number of nitrogens with zero attached hydrogens (tertiary/aromatic N) is 3. The Morgan fingerprint density at radius 1 is 1.04 bits per heavy atom. The minimum atomic E-state index is -0.296. The standard InChI is InChI=1S/C21H29N3O3/c1-4-16-5-7-18(8-6-16)24-14-17(13-19(24)25)21(27)23-11-9-22(10-12-23)20(26)15(2)3/h5-8,15,17H,4,9-14H2,1-3H3/t17-/m1/s1. The Morgan fingerprint density at radius 3 is 2.19 bits per heavy atom. The lowest BCUT2D eigenvalue weighted by Gasteiger charge is -2.36. The third kappa shape index (κ3) is 4.15. The van der Waals surface area contributed by atoms with Crippen LogP contribution in [0.4, 0.5) is 5.69 Å². The molecular weight excluding hydrogens is 342 g/mol. The molecule has 2 aliphatic rings. The van der Waals surface area contributed by atoms with Crippen molar-refractivity contribution >= 4 is 23.4 Å². The van der Waals surface area contributed by atoms with Gasteiger partial charge in [-0.1, -0.05) is 32.9 Å². The number of benzene rings is 1. The van der Waals surface area contributed by atoms with Gasteiger partial charge in [-0.2, -0.15) is 0 Å². The molecule has 27 heavy (non-hydrogen) atoms. The van der Waals surface area contributed by atoms with Gasteiger partial charge in [0.1, 0.15) is 0 Å². The number of amides is 3. The maximum atomic E-state index is 12.9. The fourth-order valence-corrected chi connectivity index (χ4v) is 3.80.